The van der Waals surface area contributed by atoms with E-state index in [-0.39, 0.29) is 24.4 Å². The highest BCUT2D eigenvalue weighted by Crippen LogP contribution is 2.20. The van der Waals surface area contributed by atoms with Crippen LogP contribution in [0.25, 0.3) is 0 Å². The van der Waals surface area contributed by atoms with Crippen molar-refractivity contribution in [3.63, 3.8) is 0 Å². The number of halogens is 1. The zero-order valence-electron chi connectivity index (χ0n) is 13.5. The number of ether oxygens (including phenoxy) is 3. The molecule has 23 heavy (non-hydrogen) atoms. The number of rotatable bonds is 6. The largest absolute Gasteiger partial charge is 0.497 e. The molecule has 1 amide bonds. The fourth-order valence-corrected chi connectivity index (χ4v) is 2.32. The molecule has 2 rings (SSSR count). The predicted molar refractivity (Wildman–Crippen MR) is 90.3 cm³/mol. The van der Waals surface area contributed by atoms with Crippen molar-refractivity contribution in [2.45, 2.75) is 31.4 Å². The van der Waals surface area contributed by atoms with Crippen LogP contribution < -0.4 is 20.5 Å². The molecule has 1 saturated heterocycles. The first kappa shape index (κ1) is 19.5. The first-order valence-corrected chi connectivity index (χ1v) is 7.49. The summed E-state index contributed by atoms with van der Waals surface area (Å²) in [6.45, 7) is 3.35. The highest BCUT2D eigenvalue weighted by Gasteiger charge is 2.35. The van der Waals surface area contributed by atoms with Gasteiger partial charge in [-0.15, -0.1) is 12.4 Å². The Labute approximate surface area is 143 Å². The molecule has 1 heterocycles. The van der Waals surface area contributed by atoms with E-state index in [0.29, 0.717) is 38.3 Å². The minimum Gasteiger partial charge on any atom is -0.497 e. The zero-order valence-corrected chi connectivity index (χ0v) is 14.4. The summed E-state index contributed by atoms with van der Waals surface area (Å²) in [6.07, 6.45) is 0.924. The van der Waals surface area contributed by atoms with Gasteiger partial charge in [-0.05, 0) is 31.9 Å². The molecule has 0 bridgehead atoms. The lowest BCUT2D eigenvalue weighted by atomic mass is 9.90. The van der Waals surface area contributed by atoms with Gasteiger partial charge in [0.1, 0.15) is 17.6 Å². The quantitative estimate of drug-likeness (QED) is 0.817. The molecular formula is C16H25ClN2O4. The number of nitrogens with two attached hydrogens (primary N) is 1. The van der Waals surface area contributed by atoms with Crippen LogP contribution in [0, 0.1) is 0 Å². The van der Waals surface area contributed by atoms with Gasteiger partial charge in [-0.2, -0.15) is 0 Å². The molecule has 130 valence electrons. The maximum atomic E-state index is 12.2. The van der Waals surface area contributed by atoms with Crippen LogP contribution >= 0.6 is 12.4 Å². The van der Waals surface area contributed by atoms with E-state index < -0.39 is 5.54 Å². The molecule has 1 aromatic rings. The summed E-state index contributed by atoms with van der Waals surface area (Å²) >= 11 is 0. The third-order valence-electron chi connectivity index (χ3n) is 3.77. The second kappa shape index (κ2) is 8.96. The van der Waals surface area contributed by atoms with Gasteiger partial charge in [-0.1, -0.05) is 6.07 Å². The van der Waals surface area contributed by atoms with Gasteiger partial charge in [-0.3, -0.25) is 4.79 Å². The van der Waals surface area contributed by atoms with Crippen molar-refractivity contribution in [1.29, 1.82) is 0 Å². The molecular weight excluding hydrogens is 320 g/mol. The standard InChI is InChI=1S/C16H24N2O4.ClH/c1-12(22-14-5-3-4-13(10-14)20-2)11-18-15(19)16(17)6-8-21-9-7-16;/h3-5,10,12H,6-9,11,17H2,1-2H3,(H,18,19);1H. The van der Waals surface area contributed by atoms with Gasteiger partial charge in [0.15, 0.2) is 0 Å². The summed E-state index contributed by atoms with van der Waals surface area (Å²) in [5.74, 6) is 1.29. The van der Waals surface area contributed by atoms with Crippen molar-refractivity contribution in [3.8, 4) is 11.5 Å². The number of hydrogen-bond acceptors (Lipinski definition) is 5. The molecule has 0 aromatic heterocycles. The van der Waals surface area contributed by atoms with Crippen LogP contribution in [0.4, 0.5) is 0 Å². The summed E-state index contributed by atoms with van der Waals surface area (Å²) in [5.41, 5.74) is 5.30. The third-order valence-corrected chi connectivity index (χ3v) is 3.77. The maximum absolute atomic E-state index is 12.2. The number of hydrogen-bond donors (Lipinski definition) is 2. The molecule has 1 aliphatic heterocycles. The molecule has 1 aliphatic rings. The highest BCUT2D eigenvalue weighted by atomic mass is 35.5. The SMILES string of the molecule is COc1cccc(OC(C)CNC(=O)C2(N)CCOCC2)c1.Cl. The average Bonchev–Trinajstić information content (AvgIpc) is 2.53. The Balaban J connectivity index is 0.00000264. The lowest BCUT2D eigenvalue weighted by molar-refractivity contribution is -0.130. The van der Waals surface area contributed by atoms with Crippen LogP contribution in [0.5, 0.6) is 11.5 Å². The molecule has 0 radical (unpaired) electrons. The normalized spacial score (nSPS) is 17.5. The second-order valence-corrected chi connectivity index (χ2v) is 5.59. The van der Waals surface area contributed by atoms with Crippen LogP contribution in [0.2, 0.25) is 0 Å². The summed E-state index contributed by atoms with van der Waals surface area (Å²) < 4.78 is 16.2. The van der Waals surface area contributed by atoms with E-state index in [9.17, 15) is 4.79 Å². The van der Waals surface area contributed by atoms with Gasteiger partial charge in [0, 0.05) is 19.3 Å². The Kier molecular flexibility index (Phi) is 7.61. The monoisotopic (exact) mass is 344 g/mol. The Hall–Kier alpha value is -1.50. The minimum absolute atomic E-state index is 0. The van der Waals surface area contributed by atoms with Gasteiger partial charge in [0.25, 0.3) is 0 Å². The van der Waals surface area contributed by atoms with Crippen LogP contribution in [0.1, 0.15) is 19.8 Å². The zero-order chi connectivity index (χ0) is 16.0. The van der Waals surface area contributed by atoms with E-state index in [1.165, 1.54) is 0 Å². The molecule has 0 spiro atoms. The van der Waals surface area contributed by atoms with Crippen LogP contribution in [-0.2, 0) is 9.53 Å². The van der Waals surface area contributed by atoms with Crippen molar-refractivity contribution in [1.82, 2.24) is 5.32 Å². The fourth-order valence-electron chi connectivity index (χ4n) is 2.32. The molecule has 0 aliphatic carbocycles. The topological polar surface area (TPSA) is 82.8 Å². The van der Waals surface area contributed by atoms with Crippen LogP contribution in [0.3, 0.4) is 0 Å². The second-order valence-electron chi connectivity index (χ2n) is 5.59. The molecule has 1 fully saturated rings. The van der Waals surface area contributed by atoms with Crippen LogP contribution in [-0.4, -0.2) is 44.4 Å². The molecule has 1 atom stereocenters. The summed E-state index contributed by atoms with van der Waals surface area (Å²) in [7, 11) is 1.61. The van der Waals surface area contributed by atoms with E-state index in [1.54, 1.807) is 13.2 Å². The highest BCUT2D eigenvalue weighted by molar-refractivity contribution is 5.86. The molecule has 1 unspecified atom stereocenters. The van der Waals surface area contributed by atoms with Gasteiger partial charge < -0.3 is 25.3 Å². The molecule has 3 N–H and O–H groups in total. The van der Waals surface area contributed by atoms with E-state index >= 15 is 0 Å². The predicted octanol–water partition coefficient (Wildman–Crippen LogP) is 1.51. The Morgan fingerprint density at radius 1 is 1.39 bits per heavy atom. The number of carbonyl (C=O) groups is 1. The summed E-state index contributed by atoms with van der Waals surface area (Å²) in [4.78, 5) is 12.2. The molecule has 1 aromatic carbocycles. The first-order valence-electron chi connectivity index (χ1n) is 7.49. The third kappa shape index (κ3) is 5.57. The maximum Gasteiger partial charge on any atom is 0.240 e. The Morgan fingerprint density at radius 2 is 2.04 bits per heavy atom. The van der Waals surface area contributed by atoms with Crippen molar-refractivity contribution < 1.29 is 19.0 Å². The molecule has 0 saturated carbocycles. The van der Waals surface area contributed by atoms with Crippen molar-refractivity contribution in [3.05, 3.63) is 24.3 Å². The number of methoxy groups -OCH3 is 1. The number of carbonyl (C=O) groups excluding carboxylic acids is 1. The van der Waals surface area contributed by atoms with Crippen molar-refractivity contribution in [2.75, 3.05) is 26.9 Å². The van der Waals surface area contributed by atoms with E-state index in [1.807, 2.05) is 25.1 Å². The van der Waals surface area contributed by atoms with E-state index in [4.69, 9.17) is 19.9 Å². The number of amides is 1. The first-order chi connectivity index (χ1) is 10.5. The number of nitrogens with one attached hydrogen (secondary N) is 1. The smallest absolute Gasteiger partial charge is 0.240 e. The molecule has 6 nitrogen and oxygen atoms in total. The van der Waals surface area contributed by atoms with Crippen molar-refractivity contribution >= 4 is 18.3 Å². The van der Waals surface area contributed by atoms with Gasteiger partial charge in [0.2, 0.25) is 5.91 Å². The molecule has 7 heteroatoms. The summed E-state index contributed by atoms with van der Waals surface area (Å²) in [5, 5.41) is 2.87. The lowest BCUT2D eigenvalue weighted by Crippen LogP contribution is -2.57. The van der Waals surface area contributed by atoms with Gasteiger partial charge in [0.05, 0.1) is 19.2 Å². The number of benzene rings is 1. The van der Waals surface area contributed by atoms with E-state index in [0.717, 1.165) is 5.75 Å². The average molecular weight is 345 g/mol. The van der Waals surface area contributed by atoms with E-state index in [2.05, 4.69) is 5.32 Å². The lowest BCUT2D eigenvalue weighted by Gasteiger charge is -2.32. The minimum atomic E-state index is -0.825. The van der Waals surface area contributed by atoms with Crippen LogP contribution in [0.15, 0.2) is 24.3 Å². The van der Waals surface area contributed by atoms with Gasteiger partial charge in [-0.25, -0.2) is 0 Å². The van der Waals surface area contributed by atoms with Crippen molar-refractivity contribution in [2.24, 2.45) is 5.73 Å². The van der Waals surface area contributed by atoms with Gasteiger partial charge >= 0.3 is 0 Å². The Morgan fingerprint density at radius 3 is 2.70 bits per heavy atom. The summed E-state index contributed by atoms with van der Waals surface area (Å²) in [6, 6.07) is 7.37. The fraction of sp³-hybridized carbons (Fsp3) is 0.562. The Bertz CT molecular complexity index is 507.